The Morgan fingerprint density at radius 3 is 2.88 bits per heavy atom. The number of amides is 1. The lowest BCUT2D eigenvalue weighted by Gasteiger charge is -2.35. The number of hydrogen-bond donors (Lipinski definition) is 0. The van der Waals surface area contributed by atoms with Crippen molar-refractivity contribution in [3.8, 4) is 0 Å². The van der Waals surface area contributed by atoms with Crippen LogP contribution < -0.4 is 4.90 Å². The molecule has 2 aliphatic rings. The Morgan fingerprint density at radius 2 is 2.12 bits per heavy atom. The molecule has 0 bridgehead atoms. The van der Waals surface area contributed by atoms with Crippen LogP contribution in [0.1, 0.15) is 43.4 Å². The van der Waals surface area contributed by atoms with Gasteiger partial charge in [0.05, 0.1) is 18.2 Å². The average Bonchev–Trinajstić information content (AvgIpc) is 3.30. The molecule has 2 atom stereocenters. The number of carbonyl (C=O) groups is 1. The SMILES string of the molecule is Cc1nc([C@H]2CCCN2C(=O)[C@H]2CCCN(c3cnccn3)C2)no1. The number of aromatic nitrogens is 4. The minimum atomic E-state index is -0.0585. The van der Waals surface area contributed by atoms with Crippen LogP contribution in [0, 0.1) is 12.8 Å². The fraction of sp³-hybridized carbons (Fsp3) is 0.588. The van der Waals surface area contributed by atoms with Crippen LogP contribution in [0.3, 0.4) is 0 Å². The number of aryl methyl sites for hydroxylation is 1. The molecule has 4 heterocycles. The van der Waals surface area contributed by atoms with Crippen molar-refractivity contribution in [2.45, 2.75) is 38.6 Å². The molecule has 132 valence electrons. The van der Waals surface area contributed by atoms with Crippen molar-refractivity contribution < 1.29 is 9.32 Å². The highest BCUT2D eigenvalue weighted by atomic mass is 16.5. The second-order valence-electron chi connectivity index (χ2n) is 6.71. The van der Waals surface area contributed by atoms with E-state index >= 15 is 0 Å². The molecular formula is C17H22N6O2. The molecule has 2 fully saturated rings. The third-order valence-corrected chi connectivity index (χ3v) is 5.02. The van der Waals surface area contributed by atoms with E-state index in [1.54, 1.807) is 25.5 Å². The normalized spacial score (nSPS) is 23.9. The quantitative estimate of drug-likeness (QED) is 0.839. The van der Waals surface area contributed by atoms with Gasteiger partial charge in [0, 0.05) is 39.0 Å². The van der Waals surface area contributed by atoms with Gasteiger partial charge in [-0.1, -0.05) is 5.16 Å². The van der Waals surface area contributed by atoms with Gasteiger partial charge < -0.3 is 14.3 Å². The molecule has 1 amide bonds. The zero-order chi connectivity index (χ0) is 17.2. The van der Waals surface area contributed by atoms with Gasteiger partial charge in [-0.2, -0.15) is 4.98 Å². The smallest absolute Gasteiger partial charge is 0.228 e. The van der Waals surface area contributed by atoms with Crippen molar-refractivity contribution in [1.29, 1.82) is 0 Å². The number of rotatable bonds is 3. The van der Waals surface area contributed by atoms with Crippen molar-refractivity contribution in [3.63, 3.8) is 0 Å². The predicted molar refractivity (Wildman–Crippen MR) is 89.7 cm³/mol. The Bertz CT molecular complexity index is 734. The summed E-state index contributed by atoms with van der Waals surface area (Å²) in [6.07, 6.45) is 8.87. The van der Waals surface area contributed by atoms with Gasteiger partial charge in [0.2, 0.25) is 11.8 Å². The molecule has 0 aromatic carbocycles. The number of likely N-dealkylation sites (tertiary alicyclic amines) is 1. The van der Waals surface area contributed by atoms with Crippen LogP contribution in [0.4, 0.5) is 5.82 Å². The summed E-state index contributed by atoms with van der Waals surface area (Å²) < 4.78 is 5.10. The van der Waals surface area contributed by atoms with Gasteiger partial charge in [-0.15, -0.1) is 0 Å². The number of nitrogens with zero attached hydrogens (tertiary/aromatic N) is 6. The molecule has 25 heavy (non-hydrogen) atoms. The lowest BCUT2D eigenvalue weighted by Crippen LogP contribution is -2.45. The summed E-state index contributed by atoms with van der Waals surface area (Å²) in [4.78, 5) is 30.1. The topological polar surface area (TPSA) is 88.3 Å². The first-order valence-corrected chi connectivity index (χ1v) is 8.84. The van der Waals surface area contributed by atoms with Gasteiger partial charge in [-0.05, 0) is 25.7 Å². The molecule has 2 saturated heterocycles. The Morgan fingerprint density at radius 1 is 1.24 bits per heavy atom. The lowest BCUT2D eigenvalue weighted by atomic mass is 9.96. The number of piperidine rings is 1. The fourth-order valence-corrected chi connectivity index (χ4v) is 3.83. The third-order valence-electron chi connectivity index (χ3n) is 5.02. The van der Waals surface area contributed by atoms with Crippen LogP contribution in [0.15, 0.2) is 23.1 Å². The first-order valence-electron chi connectivity index (χ1n) is 8.84. The van der Waals surface area contributed by atoms with E-state index in [0.717, 1.165) is 44.6 Å². The van der Waals surface area contributed by atoms with Crippen LogP contribution in [0.25, 0.3) is 0 Å². The van der Waals surface area contributed by atoms with E-state index in [0.29, 0.717) is 18.3 Å². The second-order valence-corrected chi connectivity index (χ2v) is 6.71. The molecule has 2 aromatic heterocycles. The van der Waals surface area contributed by atoms with Crippen LogP contribution in [0.2, 0.25) is 0 Å². The number of anilines is 1. The van der Waals surface area contributed by atoms with Crippen molar-refractivity contribution in [2.75, 3.05) is 24.5 Å². The highest BCUT2D eigenvalue weighted by Gasteiger charge is 2.37. The summed E-state index contributed by atoms with van der Waals surface area (Å²) in [6.45, 7) is 4.14. The maximum atomic E-state index is 13.1. The summed E-state index contributed by atoms with van der Waals surface area (Å²) in [5, 5.41) is 4.03. The Hall–Kier alpha value is -2.51. The molecule has 2 aliphatic heterocycles. The van der Waals surface area contributed by atoms with Crippen LogP contribution in [0.5, 0.6) is 0 Å². The number of hydrogen-bond acceptors (Lipinski definition) is 7. The molecule has 0 saturated carbocycles. The van der Waals surface area contributed by atoms with Gasteiger partial charge in [0.25, 0.3) is 0 Å². The van der Waals surface area contributed by atoms with Gasteiger partial charge in [0.15, 0.2) is 5.82 Å². The molecule has 0 radical (unpaired) electrons. The van der Waals surface area contributed by atoms with Crippen LogP contribution >= 0.6 is 0 Å². The highest BCUT2D eigenvalue weighted by Crippen LogP contribution is 2.33. The van der Waals surface area contributed by atoms with Gasteiger partial charge in [0.1, 0.15) is 5.82 Å². The molecule has 0 spiro atoms. The molecule has 4 rings (SSSR count). The van der Waals surface area contributed by atoms with E-state index in [1.165, 1.54) is 0 Å². The largest absolute Gasteiger partial charge is 0.355 e. The molecule has 8 heteroatoms. The van der Waals surface area contributed by atoms with Crippen molar-refractivity contribution >= 4 is 11.7 Å². The molecule has 2 aromatic rings. The van der Waals surface area contributed by atoms with E-state index in [9.17, 15) is 4.79 Å². The maximum absolute atomic E-state index is 13.1. The van der Waals surface area contributed by atoms with E-state index in [-0.39, 0.29) is 17.9 Å². The molecule has 0 aliphatic carbocycles. The van der Waals surface area contributed by atoms with Crippen molar-refractivity contribution in [3.05, 3.63) is 30.3 Å². The van der Waals surface area contributed by atoms with Crippen molar-refractivity contribution in [1.82, 2.24) is 25.0 Å². The van der Waals surface area contributed by atoms with Crippen LogP contribution in [-0.4, -0.2) is 50.5 Å². The van der Waals surface area contributed by atoms with E-state index in [2.05, 4.69) is 25.0 Å². The zero-order valence-corrected chi connectivity index (χ0v) is 14.3. The molecule has 8 nitrogen and oxygen atoms in total. The summed E-state index contributed by atoms with van der Waals surface area (Å²) >= 11 is 0. The first kappa shape index (κ1) is 16.0. The van der Waals surface area contributed by atoms with Gasteiger partial charge >= 0.3 is 0 Å². The fourth-order valence-electron chi connectivity index (χ4n) is 3.83. The number of carbonyl (C=O) groups excluding carboxylic acids is 1. The first-order chi connectivity index (χ1) is 12.2. The predicted octanol–water partition coefficient (Wildman–Crippen LogP) is 1.75. The van der Waals surface area contributed by atoms with Gasteiger partial charge in [-0.3, -0.25) is 9.78 Å². The Balaban J connectivity index is 1.48. The van der Waals surface area contributed by atoms with Crippen LogP contribution in [-0.2, 0) is 4.79 Å². The minimum Gasteiger partial charge on any atom is -0.355 e. The van der Waals surface area contributed by atoms with E-state index < -0.39 is 0 Å². The second kappa shape index (κ2) is 6.78. The van der Waals surface area contributed by atoms with Crippen molar-refractivity contribution in [2.24, 2.45) is 5.92 Å². The third kappa shape index (κ3) is 3.20. The average molecular weight is 342 g/mol. The van der Waals surface area contributed by atoms with E-state index in [1.807, 2.05) is 4.90 Å². The van der Waals surface area contributed by atoms with Gasteiger partial charge in [-0.25, -0.2) is 4.98 Å². The summed E-state index contributed by atoms with van der Waals surface area (Å²) in [7, 11) is 0. The molecule has 0 N–H and O–H groups in total. The summed E-state index contributed by atoms with van der Waals surface area (Å²) in [6, 6.07) is -0.0585. The van der Waals surface area contributed by atoms with E-state index in [4.69, 9.17) is 4.52 Å². The standard InChI is InChI=1S/C17H22N6O2/c1-12-20-16(21-25-12)14-5-3-9-23(14)17(24)13-4-2-8-22(11-13)15-10-18-6-7-19-15/h6-7,10,13-14H,2-5,8-9,11H2,1H3/t13-,14+/m0/s1. The summed E-state index contributed by atoms with van der Waals surface area (Å²) in [5.74, 6) is 2.18. The summed E-state index contributed by atoms with van der Waals surface area (Å²) in [5.41, 5.74) is 0. The minimum absolute atomic E-state index is 0.0237. The Labute approximate surface area is 146 Å². The lowest BCUT2D eigenvalue weighted by molar-refractivity contribution is -0.137. The molecule has 0 unspecified atom stereocenters. The Kier molecular flexibility index (Phi) is 4.33. The molecular weight excluding hydrogens is 320 g/mol. The highest BCUT2D eigenvalue weighted by molar-refractivity contribution is 5.80. The monoisotopic (exact) mass is 342 g/mol. The zero-order valence-electron chi connectivity index (χ0n) is 14.3. The maximum Gasteiger partial charge on any atom is 0.228 e.